The van der Waals surface area contributed by atoms with Gasteiger partial charge < -0.3 is 14.6 Å². The molecule has 5 nitrogen and oxygen atoms in total. The first-order valence-corrected chi connectivity index (χ1v) is 6.29. The van der Waals surface area contributed by atoms with Gasteiger partial charge >= 0.3 is 0 Å². The highest BCUT2D eigenvalue weighted by Crippen LogP contribution is 2.16. The number of nitrogens with zero attached hydrogens (tertiary/aromatic N) is 2. The van der Waals surface area contributed by atoms with E-state index in [9.17, 15) is 4.79 Å². The van der Waals surface area contributed by atoms with Crippen LogP contribution in [-0.4, -0.2) is 35.7 Å². The van der Waals surface area contributed by atoms with Crippen molar-refractivity contribution in [3.05, 3.63) is 29.6 Å². The molecule has 0 atom stereocenters. The molecule has 0 aliphatic heterocycles. The molecule has 0 aliphatic rings. The molecule has 5 heteroatoms. The molecule has 0 spiro atoms. The molecule has 0 unspecified atom stereocenters. The predicted octanol–water partition coefficient (Wildman–Crippen LogP) is 1.19. The molecule has 1 amide bonds. The van der Waals surface area contributed by atoms with Gasteiger partial charge in [0.15, 0.2) is 0 Å². The Balaban J connectivity index is 2.07. The quantitative estimate of drug-likeness (QED) is 0.822. The Kier molecular flexibility index (Phi) is 4.16. The summed E-state index contributed by atoms with van der Waals surface area (Å²) in [4.78, 5) is 16.2. The van der Waals surface area contributed by atoms with Crippen LogP contribution in [0.5, 0.6) is 0 Å². The molecule has 0 saturated carbocycles. The largest absolute Gasteiger partial charge is 0.383 e. The van der Waals surface area contributed by atoms with E-state index in [1.807, 2.05) is 36.7 Å². The summed E-state index contributed by atoms with van der Waals surface area (Å²) >= 11 is 0. The van der Waals surface area contributed by atoms with Crippen LogP contribution in [0.1, 0.15) is 11.4 Å². The lowest BCUT2D eigenvalue weighted by Gasteiger charge is -2.04. The number of imidazole rings is 1. The summed E-state index contributed by atoms with van der Waals surface area (Å²) in [6.45, 7) is 3.04. The molecule has 0 fully saturated rings. The summed E-state index contributed by atoms with van der Waals surface area (Å²) in [5.74, 6) is 0.973. The number of aromatic nitrogens is 2. The zero-order valence-electron chi connectivity index (χ0n) is 11.6. The molecule has 1 aromatic heterocycles. The molecule has 1 aromatic carbocycles. The van der Waals surface area contributed by atoms with Gasteiger partial charge in [0, 0.05) is 20.7 Å². The average molecular weight is 261 g/mol. The molecule has 19 heavy (non-hydrogen) atoms. The fraction of sp³-hybridized carbons (Fsp3) is 0.429. The highest BCUT2D eigenvalue weighted by atomic mass is 16.5. The lowest BCUT2D eigenvalue weighted by atomic mass is 10.1. The van der Waals surface area contributed by atoms with Crippen molar-refractivity contribution >= 4 is 16.9 Å². The van der Waals surface area contributed by atoms with Crippen LogP contribution < -0.4 is 5.32 Å². The maximum atomic E-state index is 11.7. The van der Waals surface area contributed by atoms with Crippen molar-refractivity contribution in [3.8, 4) is 0 Å². The van der Waals surface area contributed by atoms with Gasteiger partial charge in [0.05, 0.1) is 24.1 Å². The van der Waals surface area contributed by atoms with Crippen LogP contribution in [0.25, 0.3) is 11.0 Å². The van der Waals surface area contributed by atoms with Gasteiger partial charge in [0.25, 0.3) is 0 Å². The molecule has 0 radical (unpaired) electrons. The van der Waals surface area contributed by atoms with E-state index in [1.165, 1.54) is 0 Å². The first-order chi connectivity index (χ1) is 9.11. The van der Waals surface area contributed by atoms with Gasteiger partial charge in [0.1, 0.15) is 5.82 Å². The minimum Gasteiger partial charge on any atom is -0.383 e. The predicted molar refractivity (Wildman–Crippen MR) is 74.0 cm³/mol. The van der Waals surface area contributed by atoms with Crippen molar-refractivity contribution in [1.29, 1.82) is 0 Å². The number of carbonyl (C=O) groups excluding carboxylic acids is 1. The second-order valence-electron chi connectivity index (χ2n) is 4.56. The van der Waals surface area contributed by atoms with E-state index in [2.05, 4.69) is 10.3 Å². The van der Waals surface area contributed by atoms with Gasteiger partial charge in [-0.25, -0.2) is 4.98 Å². The fourth-order valence-electron chi connectivity index (χ4n) is 2.02. The first-order valence-electron chi connectivity index (χ1n) is 6.29. The first kappa shape index (κ1) is 13.5. The van der Waals surface area contributed by atoms with Crippen LogP contribution >= 0.6 is 0 Å². The van der Waals surface area contributed by atoms with E-state index in [0.29, 0.717) is 19.6 Å². The fourth-order valence-corrected chi connectivity index (χ4v) is 2.02. The van der Waals surface area contributed by atoms with Crippen LogP contribution in [0.3, 0.4) is 0 Å². The molecule has 0 aliphatic carbocycles. The maximum Gasteiger partial charge on any atom is 0.224 e. The standard InChI is InChI=1S/C14H19N3O2/c1-10-16-12-8-11(4-5-13(12)17(10)2)9-14(18)15-6-7-19-3/h4-5,8H,6-7,9H2,1-3H3,(H,15,18). The molecule has 102 valence electrons. The van der Waals surface area contributed by atoms with Crippen molar-refractivity contribution in [3.63, 3.8) is 0 Å². The minimum atomic E-state index is 0.00375. The Hall–Kier alpha value is -1.88. The number of nitrogens with one attached hydrogen (secondary N) is 1. The SMILES string of the molecule is COCCNC(=O)Cc1ccc2c(c1)nc(C)n2C. The second-order valence-corrected chi connectivity index (χ2v) is 4.56. The number of benzene rings is 1. The van der Waals surface area contributed by atoms with Gasteiger partial charge in [-0.1, -0.05) is 6.07 Å². The molecular weight excluding hydrogens is 242 g/mol. The van der Waals surface area contributed by atoms with Gasteiger partial charge in [-0.15, -0.1) is 0 Å². The van der Waals surface area contributed by atoms with E-state index in [0.717, 1.165) is 22.4 Å². The van der Waals surface area contributed by atoms with Crippen molar-refractivity contribution in [2.45, 2.75) is 13.3 Å². The van der Waals surface area contributed by atoms with Crippen LogP contribution in [0.15, 0.2) is 18.2 Å². The molecule has 1 heterocycles. The molecule has 0 saturated heterocycles. The number of carbonyl (C=O) groups is 1. The van der Waals surface area contributed by atoms with Crippen molar-refractivity contribution < 1.29 is 9.53 Å². The Morgan fingerprint density at radius 3 is 3.00 bits per heavy atom. The maximum absolute atomic E-state index is 11.7. The van der Waals surface area contributed by atoms with E-state index in [4.69, 9.17) is 4.74 Å². The topological polar surface area (TPSA) is 56.1 Å². The Morgan fingerprint density at radius 2 is 2.26 bits per heavy atom. The Bertz CT molecular complexity index is 590. The lowest BCUT2D eigenvalue weighted by molar-refractivity contribution is -0.120. The number of hydrogen-bond acceptors (Lipinski definition) is 3. The Labute approximate surface area is 112 Å². The third-order valence-corrected chi connectivity index (χ3v) is 3.16. The monoisotopic (exact) mass is 261 g/mol. The zero-order chi connectivity index (χ0) is 13.8. The van der Waals surface area contributed by atoms with Gasteiger partial charge in [-0.3, -0.25) is 4.79 Å². The van der Waals surface area contributed by atoms with Gasteiger partial charge in [-0.05, 0) is 24.6 Å². The van der Waals surface area contributed by atoms with Crippen LogP contribution in [-0.2, 0) is 23.0 Å². The van der Waals surface area contributed by atoms with Crippen LogP contribution in [0, 0.1) is 6.92 Å². The van der Waals surface area contributed by atoms with E-state index >= 15 is 0 Å². The third-order valence-electron chi connectivity index (χ3n) is 3.16. The smallest absolute Gasteiger partial charge is 0.224 e. The zero-order valence-corrected chi connectivity index (χ0v) is 11.6. The number of rotatable bonds is 5. The second kappa shape index (κ2) is 5.84. The Morgan fingerprint density at radius 1 is 1.47 bits per heavy atom. The highest BCUT2D eigenvalue weighted by Gasteiger charge is 2.07. The number of amides is 1. The number of ether oxygens (including phenoxy) is 1. The minimum absolute atomic E-state index is 0.00375. The molecule has 2 rings (SSSR count). The average Bonchev–Trinajstić information content (AvgIpc) is 2.65. The van der Waals surface area contributed by atoms with Gasteiger partial charge in [-0.2, -0.15) is 0 Å². The summed E-state index contributed by atoms with van der Waals surface area (Å²) in [5, 5.41) is 2.81. The molecule has 1 N–H and O–H groups in total. The summed E-state index contributed by atoms with van der Waals surface area (Å²) < 4.78 is 6.93. The summed E-state index contributed by atoms with van der Waals surface area (Å²) in [7, 11) is 3.60. The van der Waals surface area contributed by atoms with Crippen molar-refractivity contribution in [2.75, 3.05) is 20.3 Å². The summed E-state index contributed by atoms with van der Waals surface area (Å²) in [5.41, 5.74) is 2.99. The third kappa shape index (κ3) is 3.12. The van der Waals surface area contributed by atoms with E-state index in [1.54, 1.807) is 7.11 Å². The molecular formula is C14H19N3O2. The number of methoxy groups -OCH3 is 1. The molecule has 2 aromatic rings. The number of hydrogen-bond donors (Lipinski definition) is 1. The molecule has 0 bridgehead atoms. The normalized spacial score (nSPS) is 10.9. The number of fused-ring (bicyclic) bond motifs is 1. The summed E-state index contributed by atoms with van der Waals surface area (Å²) in [6.07, 6.45) is 0.370. The van der Waals surface area contributed by atoms with Crippen LogP contribution in [0.2, 0.25) is 0 Å². The van der Waals surface area contributed by atoms with Crippen LogP contribution in [0.4, 0.5) is 0 Å². The summed E-state index contributed by atoms with van der Waals surface area (Å²) in [6, 6.07) is 5.95. The van der Waals surface area contributed by atoms with Gasteiger partial charge in [0.2, 0.25) is 5.91 Å². The highest BCUT2D eigenvalue weighted by molar-refractivity contribution is 5.82. The lowest BCUT2D eigenvalue weighted by Crippen LogP contribution is -2.28. The van der Waals surface area contributed by atoms with Crippen molar-refractivity contribution in [1.82, 2.24) is 14.9 Å². The van der Waals surface area contributed by atoms with E-state index < -0.39 is 0 Å². The van der Waals surface area contributed by atoms with Crippen molar-refractivity contribution in [2.24, 2.45) is 7.05 Å². The number of aryl methyl sites for hydroxylation is 2. The van der Waals surface area contributed by atoms with E-state index in [-0.39, 0.29) is 5.91 Å².